The Labute approximate surface area is 149 Å². The first-order chi connectivity index (χ1) is 12.0. The molecule has 0 aliphatic carbocycles. The third kappa shape index (κ3) is 5.89. The highest BCUT2D eigenvalue weighted by Gasteiger charge is 2.13. The van der Waals surface area contributed by atoms with E-state index in [1.54, 1.807) is 25.3 Å². The van der Waals surface area contributed by atoms with Gasteiger partial charge in [-0.2, -0.15) is 0 Å². The van der Waals surface area contributed by atoms with Gasteiger partial charge in [0.05, 0.1) is 18.9 Å². The van der Waals surface area contributed by atoms with Gasteiger partial charge in [-0.1, -0.05) is 36.4 Å². The Bertz CT molecular complexity index is 689. The highest BCUT2D eigenvalue weighted by molar-refractivity contribution is 5.90. The molecular weight excluding hydrogens is 316 g/mol. The van der Waals surface area contributed by atoms with E-state index in [1.165, 1.54) is 12.5 Å². The maximum absolute atomic E-state index is 11.3. The maximum Gasteiger partial charge on any atom is 0.221 e. The molecule has 1 amide bonds. The van der Waals surface area contributed by atoms with Gasteiger partial charge in [0, 0.05) is 19.5 Å². The largest absolute Gasteiger partial charge is 0.495 e. The van der Waals surface area contributed by atoms with E-state index in [1.807, 2.05) is 18.2 Å². The molecule has 25 heavy (non-hydrogen) atoms. The summed E-state index contributed by atoms with van der Waals surface area (Å²) in [5.74, 6) is 0.385. The van der Waals surface area contributed by atoms with Gasteiger partial charge in [0.2, 0.25) is 5.91 Å². The fraction of sp³-hybridized carbons (Fsp3) is 0.350. The van der Waals surface area contributed by atoms with Crippen LogP contribution in [0.25, 0.3) is 0 Å². The van der Waals surface area contributed by atoms with E-state index in [0.717, 1.165) is 12.0 Å². The Hall–Kier alpha value is -2.37. The van der Waals surface area contributed by atoms with Gasteiger partial charge in [0.25, 0.3) is 0 Å². The van der Waals surface area contributed by atoms with Gasteiger partial charge in [-0.15, -0.1) is 0 Å². The lowest BCUT2D eigenvalue weighted by Crippen LogP contribution is -2.32. The van der Waals surface area contributed by atoms with Crippen molar-refractivity contribution in [2.45, 2.75) is 32.4 Å². The van der Waals surface area contributed by atoms with Gasteiger partial charge >= 0.3 is 0 Å². The summed E-state index contributed by atoms with van der Waals surface area (Å²) in [7, 11) is 1.55. The first kappa shape index (κ1) is 19.0. The zero-order valence-electron chi connectivity index (χ0n) is 15.0. The monoisotopic (exact) mass is 342 g/mol. The molecule has 2 aromatic carbocycles. The van der Waals surface area contributed by atoms with Crippen LogP contribution in [0.3, 0.4) is 0 Å². The molecule has 0 aliphatic heterocycles. The van der Waals surface area contributed by atoms with Gasteiger partial charge < -0.3 is 20.5 Å². The van der Waals surface area contributed by atoms with Gasteiger partial charge in [0.15, 0.2) is 0 Å². The average molecular weight is 342 g/mol. The van der Waals surface area contributed by atoms with E-state index in [9.17, 15) is 9.90 Å². The molecule has 1 unspecified atom stereocenters. The van der Waals surface area contributed by atoms with Crippen molar-refractivity contribution in [2.24, 2.45) is 0 Å². The molecule has 2 rings (SSSR count). The van der Waals surface area contributed by atoms with Crippen LogP contribution in [0.2, 0.25) is 0 Å². The minimum Gasteiger partial charge on any atom is -0.495 e. The molecule has 0 aliphatic rings. The predicted octanol–water partition coefficient (Wildman–Crippen LogP) is 2.91. The van der Waals surface area contributed by atoms with Gasteiger partial charge in [0.1, 0.15) is 5.75 Å². The van der Waals surface area contributed by atoms with E-state index in [-0.39, 0.29) is 11.9 Å². The van der Waals surface area contributed by atoms with Gasteiger partial charge in [-0.05, 0) is 36.6 Å². The summed E-state index contributed by atoms with van der Waals surface area (Å²) in [6.45, 7) is 3.96. The van der Waals surface area contributed by atoms with Crippen LogP contribution < -0.4 is 15.4 Å². The van der Waals surface area contributed by atoms with Crippen molar-refractivity contribution < 1.29 is 14.6 Å². The van der Waals surface area contributed by atoms with E-state index >= 15 is 0 Å². The molecule has 0 fully saturated rings. The van der Waals surface area contributed by atoms with E-state index in [0.29, 0.717) is 18.0 Å². The number of rotatable bonds is 8. The molecule has 2 atom stereocenters. The molecule has 0 saturated carbocycles. The number of anilines is 1. The smallest absolute Gasteiger partial charge is 0.221 e. The zero-order valence-corrected chi connectivity index (χ0v) is 15.0. The molecule has 0 spiro atoms. The number of aliphatic hydroxyl groups is 1. The van der Waals surface area contributed by atoms with Crippen LogP contribution in [0, 0.1) is 0 Å². The first-order valence-electron chi connectivity index (χ1n) is 8.40. The number of benzene rings is 2. The van der Waals surface area contributed by atoms with Crippen molar-refractivity contribution in [3.8, 4) is 5.75 Å². The fourth-order valence-corrected chi connectivity index (χ4v) is 2.69. The van der Waals surface area contributed by atoms with Crippen molar-refractivity contribution in [1.29, 1.82) is 0 Å². The van der Waals surface area contributed by atoms with Gasteiger partial charge in [-0.25, -0.2) is 0 Å². The lowest BCUT2D eigenvalue weighted by Gasteiger charge is -2.19. The summed E-state index contributed by atoms with van der Waals surface area (Å²) < 4.78 is 5.23. The minimum atomic E-state index is -0.670. The SMILES string of the molecule is COc1ccc([C@@H](O)CNC(C)Cc2ccccc2)cc1NC(C)=O. The standard InChI is InChI=1S/C20H26N2O3/c1-14(11-16-7-5-4-6-8-16)21-13-19(24)17-9-10-20(25-3)18(12-17)22-15(2)23/h4-10,12,14,19,21,24H,11,13H2,1-3H3,(H,22,23)/t14?,19-/m0/s1. The Morgan fingerprint density at radius 3 is 2.56 bits per heavy atom. The Kier molecular flexibility index (Phi) is 6.98. The van der Waals surface area contributed by atoms with Crippen LogP contribution >= 0.6 is 0 Å². The maximum atomic E-state index is 11.3. The van der Waals surface area contributed by atoms with Gasteiger partial charge in [-0.3, -0.25) is 4.79 Å². The summed E-state index contributed by atoms with van der Waals surface area (Å²) in [5.41, 5.74) is 2.54. The van der Waals surface area contributed by atoms with Crippen molar-refractivity contribution in [3.05, 3.63) is 59.7 Å². The van der Waals surface area contributed by atoms with Crippen LogP contribution in [0.4, 0.5) is 5.69 Å². The van der Waals surface area contributed by atoms with Crippen LogP contribution in [-0.2, 0) is 11.2 Å². The lowest BCUT2D eigenvalue weighted by atomic mass is 10.1. The second kappa shape index (κ2) is 9.20. The van der Waals surface area contributed by atoms with E-state index < -0.39 is 6.10 Å². The lowest BCUT2D eigenvalue weighted by molar-refractivity contribution is -0.114. The first-order valence-corrected chi connectivity index (χ1v) is 8.40. The quantitative estimate of drug-likeness (QED) is 0.690. The fourth-order valence-electron chi connectivity index (χ4n) is 2.69. The number of hydrogen-bond donors (Lipinski definition) is 3. The third-order valence-electron chi connectivity index (χ3n) is 3.96. The number of nitrogens with one attached hydrogen (secondary N) is 2. The second-order valence-electron chi connectivity index (χ2n) is 6.16. The molecular formula is C20H26N2O3. The Morgan fingerprint density at radius 2 is 1.92 bits per heavy atom. The van der Waals surface area contributed by atoms with Crippen LogP contribution in [0.5, 0.6) is 5.75 Å². The second-order valence-corrected chi connectivity index (χ2v) is 6.16. The number of methoxy groups -OCH3 is 1. The van der Waals surface area contributed by atoms with Crippen molar-refractivity contribution in [1.82, 2.24) is 5.32 Å². The molecule has 0 bridgehead atoms. The molecule has 3 N–H and O–H groups in total. The highest BCUT2D eigenvalue weighted by Crippen LogP contribution is 2.28. The number of ether oxygens (including phenoxy) is 1. The molecule has 5 heteroatoms. The zero-order chi connectivity index (χ0) is 18.2. The topological polar surface area (TPSA) is 70.6 Å². The van der Waals surface area contributed by atoms with Crippen molar-refractivity contribution in [2.75, 3.05) is 19.0 Å². The molecule has 134 valence electrons. The summed E-state index contributed by atoms with van der Waals surface area (Å²) in [6.07, 6.45) is 0.226. The summed E-state index contributed by atoms with van der Waals surface area (Å²) in [5, 5.41) is 16.5. The third-order valence-corrected chi connectivity index (χ3v) is 3.96. The molecule has 0 radical (unpaired) electrons. The number of hydrogen-bond acceptors (Lipinski definition) is 4. The average Bonchev–Trinajstić information content (AvgIpc) is 2.60. The van der Waals surface area contributed by atoms with E-state index in [4.69, 9.17) is 4.74 Å². The Morgan fingerprint density at radius 1 is 1.20 bits per heavy atom. The van der Waals surface area contributed by atoms with E-state index in [2.05, 4.69) is 29.7 Å². The molecule has 0 heterocycles. The number of amides is 1. The normalized spacial score (nSPS) is 13.1. The molecule has 0 saturated heterocycles. The van der Waals surface area contributed by atoms with Crippen molar-refractivity contribution in [3.63, 3.8) is 0 Å². The summed E-state index contributed by atoms with van der Waals surface area (Å²) >= 11 is 0. The number of carbonyl (C=O) groups excluding carboxylic acids is 1. The van der Waals surface area contributed by atoms with Crippen LogP contribution in [-0.4, -0.2) is 30.7 Å². The molecule has 0 aromatic heterocycles. The predicted molar refractivity (Wildman–Crippen MR) is 99.9 cm³/mol. The molecule has 2 aromatic rings. The highest BCUT2D eigenvalue weighted by atomic mass is 16.5. The summed E-state index contributed by atoms with van der Waals surface area (Å²) in [4.78, 5) is 11.3. The Balaban J connectivity index is 1.95. The minimum absolute atomic E-state index is 0.181. The van der Waals surface area contributed by atoms with Crippen LogP contribution in [0.15, 0.2) is 48.5 Å². The van der Waals surface area contributed by atoms with Crippen molar-refractivity contribution >= 4 is 11.6 Å². The number of aliphatic hydroxyl groups excluding tert-OH is 1. The molecule has 5 nitrogen and oxygen atoms in total. The summed E-state index contributed by atoms with van der Waals surface area (Å²) in [6, 6.07) is 15.8. The number of carbonyl (C=O) groups is 1. The van der Waals surface area contributed by atoms with Crippen LogP contribution in [0.1, 0.15) is 31.1 Å².